The van der Waals surface area contributed by atoms with Crippen LogP contribution in [0.5, 0.6) is 17.4 Å². The molecule has 9 nitrogen and oxygen atoms in total. The minimum Gasteiger partial charge on any atom is -0.493 e. The molecule has 0 unspecified atom stereocenters. The van der Waals surface area contributed by atoms with Crippen molar-refractivity contribution in [3.8, 4) is 17.4 Å². The van der Waals surface area contributed by atoms with Crippen LogP contribution in [0.3, 0.4) is 0 Å². The number of rotatable bonds is 7. The largest absolute Gasteiger partial charge is 0.493 e. The topological polar surface area (TPSA) is 95.6 Å². The number of fused-ring (bicyclic) bond motifs is 1. The molecule has 1 aliphatic heterocycles. The molecule has 156 valence electrons. The minimum absolute atomic E-state index is 0.111. The quantitative estimate of drug-likeness (QED) is 0.590. The Bertz CT molecular complexity index is 967. The van der Waals surface area contributed by atoms with Gasteiger partial charge in [0.05, 0.1) is 31.7 Å². The summed E-state index contributed by atoms with van der Waals surface area (Å²) in [5.74, 6) is 1.42. The molecule has 1 aromatic carbocycles. The van der Waals surface area contributed by atoms with Gasteiger partial charge in [0.15, 0.2) is 11.5 Å². The molecule has 4 rings (SSSR count). The van der Waals surface area contributed by atoms with Crippen LogP contribution in [0.2, 0.25) is 0 Å². The van der Waals surface area contributed by atoms with E-state index >= 15 is 0 Å². The molecule has 0 radical (unpaired) electrons. The molecule has 3 heterocycles. The van der Waals surface area contributed by atoms with Gasteiger partial charge < -0.3 is 19.7 Å². The lowest BCUT2D eigenvalue weighted by Gasteiger charge is -2.39. The summed E-state index contributed by atoms with van der Waals surface area (Å²) >= 11 is 1.43. The van der Waals surface area contributed by atoms with Crippen LogP contribution in [0.15, 0.2) is 24.5 Å². The number of aromatic nitrogens is 3. The van der Waals surface area contributed by atoms with Crippen LogP contribution in [-0.4, -0.2) is 88.2 Å². The molecular formula is C19H25N5O4S. The summed E-state index contributed by atoms with van der Waals surface area (Å²) in [7, 11) is 3.23. The van der Waals surface area contributed by atoms with Gasteiger partial charge in [0, 0.05) is 32.7 Å². The Morgan fingerprint density at radius 3 is 2.55 bits per heavy atom. The number of hydrogen-bond acceptors (Lipinski definition) is 9. The average Bonchev–Trinajstić information content (AvgIpc) is 3.33. The third-order valence-electron chi connectivity index (χ3n) is 5.30. The standard InChI is InChI=1S/C19H25N5O4S/c1-27-14-4-3-13(11-15(14)28-2)16(23-7-5-22(6-8-23)9-10-25)17-18(26)24-19(29-17)20-12-21-24/h3-4,11-12,16,25-26H,5-10H2,1-2H3/t16-/m1/s1. The summed E-state index contributed by atoms with van der Waals surface area (Å²) in [6, 6.07) is 5.68. The molecule has 0 spiro atoms. The zero-order valence-corrected chi connectivity index (χ0v) is 17.3. The molecule has 0 amide bonds. The molecule has 2 aromatic heterocycles. The first-order chi connectivity index (χ1) is 14.2. The highest BCUT2D eigenvalue weighted by Gasteiger charge is 2.32. The molecule has 1 aliphatic rings. The van der Waals surface area contributed by atoms with E-state index in [1.165, 1.54) is 22.2 Å². The number of ether oxygens (including phenoxy) is 2. The predicted octanol–water partition coefficient (Wildman–Crippen LogP) is 1.21. The Morgan fingerprint density at radius 2 is 1.90 bits per heavy atom. The summed E-state index contributed by atoms with van der Waals surface area (Å²) in [5, 5.41) is 24.2. The summed E-state index contributed by atoms with van der Waals surface area (Å²) in [5.41, 5.74) is 0.998. The fourth-order valence-electron chi connectivity index (χ4n) is 3.81. The van der Waals surface area contributed by atoms with E-state index in [0.29, 0.717) is 23.0 Å². The van der Waals surface area contributed by atoms with E-state index < -0.39 is 0 Å². The van der Waals surface area contributed by atoms with Crippen molar-refractivity contribution in [3.05, 3.63) is 35.0 Å². The van der Waals surface area contributed by atoms with Crippen LogP contribution >= 0.6 is 11.3 Å². The van der Waals surface area contributed by atoms with Crippen molar-refractivity contribution in [2.45, 2.75) is 6.04 Å². The molecule has 0 saturated carbocycles. The molecule has 2 N–H and O–H groups in total. The van der Waals surface area contributed by atoms with Crippen molar-refractivity contribution < 1.29 is 19.7 Å². The SMILES string of the molecule is COc1ccc([C@H](c2sc3ncnn3c2O)N2CCN(CCO)CC2)cc1OC. The number of aliphatic hydroxyl groups excluding tert-OH is 1. The third-order valence-corrected chi connectivity index (χ3v) is 6.39. The second kappa shape index (κ2) is 8.54. The molecule has 0 aliphatic carbocycles. The molecule has 10 heteroatoms. The lowest BCUT2D eigenvalue weighted by atomic mass is 10.0. The lowest BCUT2D eigenvalue weighted by molar-refractivity contribution is 0.0944. The van der Waals surface area contributed by atoms with Crippen LogP contribution < -0.4 is 9.47 Å². The predicted molar refractivity (Wildman–Crippen MR) is 109 cm³/mol. The van der Waals surface area contributed by atoms with Gasteiger partial charge in [-0.1, -0.05) is 17.4 Å². The van der Waals surface area contributed by atoms with Gasteiger partial charge >= 0.3 is 0 Å². The Labute approximate surface area is 172 Å². The molecule has 29 heavy (non-hydrogen) atoms. The van der Waals surface area contributed by atoms with E-state index in [-0.39, 0.29) is 18.5 Å². The second-order valence-electron chi connectivity index (χ2n) is 6.86. The number of aromatic hydroxyl groups is 1. The molecule has 1 fully saturated rings. The van der Waals surface area contributed by atoms with Crippen LogP contribution in [0.25, 0.3) is 4.96 Å². The van der Waals surface area contributed by atoms with Crippen molar-refractivity contribution in [1.82, 2.24) is 24.4 Å². The highest BCUT2D eigenvalue weighted by molar-refractivity contribution is 7.17. The van der Waals surface area contributed by atoms with Gasteiger partial charge in [0.25, 0.3) is 0 Å². The van der Waals surface area contributed by atoms with Gasteiger partial charge in [0.1, 0.15) is 6.33 Å². The van der Waals surface area contributed by atoms with E-state index in [1.54, 1.807) is 14.2 Å². The van der Waals surface area contributed by atoms with Crippen molar-refractivity contribution in [1.29, 1.82) is 0 Å². The van der Waals surface area contributed by atoms with Gasteiger partial charge in [0.2, 0.25) is 10.8 Å². The van der Waals surface area contributed by atoms with Gasteiger partial charge in [-0.05, 0) is 17.7 Å². The zero-order valence-electron chi connectivity index (χ0n) is 16.5. The first-order valence-electron chi connectivity index (χ1n) is 9.46. The van der Waals surface area contributed by atoms with Crippen molar-refractivity contribution >= 4 is 16.3 Å². The van der Waals surface area contributed by atoms with Gasteiger partial charge in [-0.2, -0.15) is 9.61 Å². The van der Waals surface area contributed by atoms with E-state index in [2.05, 4.69) is 19.9 Å². The number of benzene rings is 1. The maximum Gasteiger partial charge on any atom is 0.230 e. The van der Waals surface area contributed by atoms with Gasteiger partial charge in [-0.15, -0.1) is 0 Å². The van der Waals surface area contributed by atoms with Gasteiger partial charge in [-0.25, -0.2) is 4.98 Å². The zero-order chi connectivity index (χ0) is 20.4. The number of thiazole rings is 1. The fraction of sp³-hybridized carbons (Fsp3) is 0.474. The Morgan fingerprint density at radius 1 is 1.14 bits per heavy atom. The highest BCUT2D eigenvalue weighted by atomic mass is 32.1. The van der Waals surface area contributed by atoms with E-state index in [1.807, 2.05) is 18.2 Å². The molecule has 1 atom stereocenters. The smallest absolute Gasteiger partial charge is 0.230 e. The highest BCUT2D eigenvalue weighted by Crippen LogP contribution is 2.42. The van der Waals surface area contributed by atoms with E-state index in [9.17, 15) is 10.2 Å². The van der Waals surface area contributed by atoms with Crippen molar-refractivity contribution in [2.75, 3.05) is 53.6 Å². The first kappa shape index (κ1) is 19.9. The summed E-state index contributed by atoms with van der Waals surface area (Å²) in [4.78, 5) is 10.3. The first-order valence-corrected chi connectivity index (χ1v) is 10.3. The van der Waals surface area contributed by atoms with Crippen LogP contribution in [-0.2, 0) is 0 Å². The number of aliphatic hydroxyl groups is 1. The number of nitrogens with zero attached hydrogens (tertiary/aromatic N) is 5. The molecule has 3 aromatic rings. The number of β-amino-alcohol motifs (C(OH)–C–C–N with tert-alkyl or cyclic N) is 1. The Balaban J connectivity index is 1.73. The normalized spacial score (nSPS) is 16.9. The summed E-state index contributed by atoms with van der Waals surface area (Å²) in [6.45, 7) is 4.17. The van der Waals surface area contributed by atoms with Crippen LogP contribution in [0.1, 0.15) is 16.5 Å². The molecular weight excluding hydrogens is 394 g/mol. The summed E-state index contributed by atoms with van der Waals surface area (Å²) < 4.78 is 12.4. The second-order valence-corrected chi connectivity index (χ2v) is 7.87. The molecule has 0 bridgehead atoms. The number of methoxy groups -OCH3 is 2. The number of piperazine rings is 1. The van der Waals surface area contributed by atoms with E-state index in [4.69, 9.17) is 9.47 Å². The van der Waals surface area contributed by atoms with Crippen molar-refractivity contribution in [2.24, 2.45) is 0 Å². The minimum atomic E-state index is -0.167. The van der Waals surface area contributed by atoms with Crippen molar-refractivity contribution in [3.63, 3.8) is 0 Å². The van der Waals surface area contributed by atoms with E-state index in [0.717, 1.165) is 36.6 Å². The maximum absolute atomic E-state index is 10.8. The number of hydrogen-bond donors (Lipinski definition) is 2. The van der Waals surface area contributed by atoms with Crippen LogP contribution in [0, 0.1) is 0 Å². The average molecular weight is 420 g/mol. The van der Waals surface area contributed by atoms with Gasteiger partial charge in [-0.3, -0.25) is 9.80 Å². The molecule has 1 saturated heterocycles. The van der Waals surface area contributed by atoms with Crippen LogP contribution in [0.4, 0.5) is 0 Å². The third kappa shape index (κ3) is 3.76. The Kier molecular flexibility index (Phi) is 5.86. The monoisotopic (exact) mass is 419 g/mol. The lowest BCUT2D eigenvalue weighted by Crippen LogP contribution is -2.48. The Hall–Kier alpha value is -2.40. The maximum atomic E-state index is 10.8. The fourth-order valence-corrected chi connectivity index (χ4v) is 4.90. The summed E-state index contributed by atoms with van der Waals surface area (Å²) in [6.07, 6.45) is 1.44.